The molecule has 0 unspecified atom stereocenters. The van der Waals surface area contributed by atoms with Gasteiger partial charge in [-0.25, -0.2) is 0 Å². The molecule has 0 aromatic carbocycles. The van der Waals surface area contributed by atoms with Crippen molar-refractivity contribution in [3.8, 4) is 0 Å². The zero-order valence-corrected chi connectivity index (χ0v) is 14.2. The third kappa shape index (κ3) is 6.58. The van der Waals surface area contributed by atoms with Crippen LogP contribution in [0.15, 0.2) is 0 Å². The van der Waals surface area contributed by atoms with Gasteiger partial charge in [0.15, 0.2) is 0 Å². The van der Waals surface area contributed by atoms with Gasteiger partial charge in [-0.15, -0.1) is 0 Å². The predicted molar refractivity (Wildman–Crippen MR) is 88.0 cm³/mol. The molecule has 0 bridgehead atoms. The molecule has 2 nitrogen and oxygen atoms in total. The Hall–Kier alpha value is -0.0800. The highest BCUT2D eigenvalue weighted by Crippen LogP contribution is 2.41. The second kappa shape index (κ2) is 9.04. The van der Waals surface area contributed by atoms with Crippen molar-refractivity contribution in [2.24, 2.45) is 11.1 Å². The topological polar surface area (TPSA) is 35.2 Å². The van der Waals surface area contributed by atoms with Crippen LogP contribution in [0.2, 0.25) is 0 Å². The molecule has 0 spiro atoms. The SMILES string of the molecule is CCCCCCCCCOC1(CN)CCC(C)(C)CC1. The Morgan fingerprint density at radius 1 is 0.850 bits per heavy atom. The van der Waals surface area contributed by atoms with Crippen molar-refractivity contribution >= 4 is 0 Å². The Morgan fingerprint density at radius 2 is 1.40 bits per heavy atom. The van der Waals surface area contributed by atoms with Crippen molar-refractivity contribution in [1.29, 1.82) is 0 Å². The molecule has 2 heteroatoms. The smallest absolute Gasteiger partial charge is 0.0804 e. The van der Waals surface area contributed by atoms with Crippen LogP contribution >= 0.6 is 0 Å². The Labute approximate surface area is 126 Å². The number of ether oxygens (including phenoxy) is 1. The number of hydrogen-bond acceptors (Lipinski definition) is 2. The summed E-state index contributed by atoms with van der Waals surface area (Å²) in [7, 11) is 0. The van der Waals surface area contributed by atoms with Gasteiger partial charge >= 0.3 is 0 Å². The Kier molecular flexibility index (Phi) is 8.13. The molecular formula is C18H37NO. The Bertz CT molecular complexity index is 240. The van der Waals surface area contributed by atoms with Gasteiger partial charge in [0, 0.05) is 13.2 Å². The maximum absolute atomic E-state index is 6.22. The van der Waals surface area contributed by atoms with Gasteiger partial charge in [0.25, 0.3) is 0 Å². The Morgan fingerprint density at radius 3 is 1.95 bits per heavy atom. The van der Waals surface area contributed by atoms with Crippen LogP contribution in [0.3, 0.4) is 0 Å². The van der Waals surface area contributed by atoms with E-state index in [1.165, 1.54) is 57.8 Å². The van der Waals surface area contributed by atoms with E-state index >= 15 is 0 Å². The van der Waals surface area contributed by atoms with Gasteiger partial charge in [-0.2, -0.15) is 0 Å². The standard InChI is InChI=1S/C18H37NO/c1-4-5-6-7-8-9-10-15-20-18(16-19)13-11-17(2,3)12-14-18/h4-16,19H2,1-3H3. The van der Waals surface area contributed by atoms with Crippen molar-refractivity contribution in [2.45, 2.75) is 97.0 Å². The molecule has 1 aliphatic rings. The maximum atomic E-state index is 6.22. The van der Waals surface area contributed by atoms with Gasteiger partial charge in [0.2, 0.25) is 0 Å². The fraction of sp³-hybridized carbons (Fsp3) is 1.00. The largest absolute Gasteiger partial charge is 0.374 e. The summed E-state index contributed by atoms with van der Waals surface area (Å²) < 4.78 is 6.22. The second-order valence-corrected chi connectivity index (χ2v) is 7.52. The molecule has 0 amide bonds. The fourth-order valence-corrected chi connectivity index (χ4v) is 3.14. The lowest BCUT2D eigenvalue weighted by molar-refractivity contribution is -0.0822. The molecule has 20 heavy (non-hydrogen) atoms. The van der Waals surface area contributed by atoms with E-state index in [0.717, 1.165) is 19.4 Å². The van der Waals surface area contributed by atoms with E-state index in [1.54, 1.807) is 0 Å². The highest BCUT2D eigenvalue weighted by Gasteiger charge is 2.37. The summed E-state index contributed by atoms with van der Waals surface area (Å²) in [6, 6.07) is 0. The molecule has 0 heterocycles. The number of unbranched alkanes of at least 4 members (excludes halogenated alkanes) is 6. The van der Waals surface area contributed by atoms with Crippen LogP contribution in [0.1, 0.15) is 91.4 Å². The van der Waals surface area contributed by atoms with Crippen molar-refractivity contribution in [1.82, 2.24) is 0 Å². The zero-order chi connectivity index (χ0) is 14.9. The van der Waals surface area contributed by atoms with Crippen LogP contribution in [0, 0.1) is 5.41 Å². The summed E-state index contributed by atoms with van der Waals surface area (Å²) in [4.78, 5) is 0. The molecule has 0 atom stereocenters. The molecule has 0 aromatic rings. The lowest BCUT2D eigenvalue weighted by atomic mass is 9.71. The monoisotopic (exact) mass is 283 g/mol. The minimum absolute atomic E-state index is 0.00225. The molecule has 120 valence electrons. The van der Waals surface area contributed by atoms with Crippen LogP contribution in [0.25, 0.3) is 0 Å². The van der Waals surface area contributed by atoms with E-state index in [2.05, 4.69) is 20.8 Å². The first-order valence-electron chi connectivity index (χ1n) is 8.88. The molecule has 1 saturated carbocycles. The van der Waals surface area contributed by atoms with Crippen LogP contribution in [-0.4, -0.2) is 18.8 Å². The fourth-order valence-electron chi connectivity index (χ4n) is 3.14. The van der Waals surface area contributed by atoms with E-state index in [-0.39, 0.29) is 5.60 Å². The summed E-state index contributed by atoms with van der Waals surface area (Å²) in [5.74, 6) is 0. The second-order valence-electron chi connectivity index (χ2n) is 7.52. The van der Waals surface area contributed by atoms with E-state index in [9.17, 15) is 0 Å². The Balaban J connectivity index is 2.10. The van der Waals surface area contributed by atoms with Crippen molar-refractivity contribution in [3.05, 3.63) is 0 Å². The lowest BCUT2D eigenvalue weighted by Crippen LogP contribution is -2.45. The van der Waals surface area contributed by atoms with E-state index < -0.39 is 0 Å². The maximum Gasteiger partial charge on any atom is 0.0804 e. The number of nitrogens with two attached hydrogens (primary N) is 1. The minimum Gasteiger partial charge on any atom is -0.374 e. The lowest BCUT2D eigenvalue weighted by Gasteiger charge is -2.42. The zero-order valence-electron chi connectivity index (χ0n) is 14.2. The molecule has 2 N–H and O–H groups in total. The van der Waals surface area contributed by atoms with Crippen molar-refractivity contribution < 1.29 is 4.74 Å². The summed E-state index contributed by atoms with van der Waals surface area (Å²) in [6.07, 6.45) is 14.2. The van der Waals surface area contributed by atoms with Crippen LogP contribution in [0.5, 0.6) is 0 Å². The molecule has 0 radical (unpaired) electrons. The third-order valence-corrected chi connectivity index (χ3v) is 5.04. The predicted octanol–water partition coefficient (Wildman–Crippen LogP) is 5.05. The molecular weight excluding hydrogens is 246 g/mol. The summed E-state index contributed by atoms with van der Waals surface area (Å²) in [5.41, 5.74) is 6.48. The van der Waals surface area contributed by atoms with Gasteiger partial charge in [-0.1, -0.05) is 59.3 Å². The molecule has 1 rings (SSSR count). The quantitative estimate of drug-likeness (QED) is 0.569. The normalized spacial score (nSPS) is 21.0. The highest BCUT2D eigenvalue weighted by atomic mass is 16.5. The number of rotatable bonds is 10. The highest BCUT2D eigenvalue weighted by molar-refractivity contribution is 4.91. The first-order chi connectivity index (χ1) is 9.54. The van der Waals surface area contributed by atoms with Gasteiger partial charge in [0.05, 0.1) is 5.60 Å². The van der Waals surface area contributed by atoms with Crippen molar-refractivity contribution in [3.63, 3.8) is 0 Å². The van der Waals surface area contributed by atoms with E-state index in [4.69, 9.17) is 10.5 Å². The molecule has 0 aliphatic heterocycles. The molecule has 1 aliphatic carbocycles. The van der Waals surface area contributed by atoms with Gasteiger partial charge in [0.1, 0.15) is 0 Å². The van der Waals surface area contributed by atoms with Crippen LogP contribution in [-0.2, 0) is 4.74 Å². The van der Waals surface area contributed by atoms with Gasteiger partial charge in [-0.3, -0.25) is 0 Å². The van der Waals surface area contributed by atoms with Gasteiger partial charge < -0.3 is 10.5 Å². The van der Waals surface area contributed by atoms with E-state index in [0.29, 0.717) is 12.0 Å². The summed E-state index contributed by atoms with van der Waals surface area (Å²) in [5, 5.41) is 0. The number of hydrogen-bond donors (Lipinski definition) is 1. The first kappa shape index (κ1) is 18.0. The summed E-state index contributed by atoms with van der Waals surface area (Å²) in [6.45, 7) is 8.60. The minimum atomic E-state index is -0.00225. The van der Waals surface area contributed by atoms with Crippen LogP contribution < -0.4 is 5.73 Å². The van der Waals surface area contributed by atoms with Crippen molar-refractivity contribution in [2.75, 3.05) is 13.2 Å². The van der Waals surface area contributed by atoms with Gasteiger partial charge in [-0.05, 0) is 37.5 Å². The molecule has 0 saturated heterocycles. The average Bonchev–Trinajstić information content (AvgIpc) is 2.44. The third-order valence-electron chi connectivity index (χ3n) is 5.04. The van der Waals surface area contributed by atoms with E-state index in [1.807, 2.05) is 0 Å². The molecule has 0 aromatic heterocycles. The summed E-state index contributed by atoms with van der Waals surface area (Å²) >= 11 is 0. The van der Waals surface area contributed by atoms with Crippen LogP contribution in [0.4, 0.5) is 0 Å². The average molecular weight is 284 g/mol. The molecule has 1 fully saturated rings. The first-order valence-corrected chi connectivity index (χ1v) is 8.88.